The molecule has 18 heavy (non-hydrogen) atoms. The van der Waals surface area contributed by atoms with Gasteiger partial charge in [0.25, 0.3) is 0 Å². The molecule has 1 fully saturated rings. The molecule has 1 amide bonds. The zero-order valence-corrected chi connectivity index (χ0v) is 11.7. The number of likely N-dealkylation sites (tertiary alicyclic amines) is 1. The highest BCUT2D eigenvalue weighted by Crippen LogP contribution is 2.19. The van der Waals surface area contributed by atoms with Crippen molar-refractivity contribution in [1.82, 2.24) is 9.80 Å². The first-order valence-electron chi connectivity index (χ1n) is 6.19. The number of hydrogen-bond acceptors (Lipinski definition) is 2. The second-order valence-electron chi connectivity index (χ2n) is 5.13. The second kappa shape index (κ2) is 5.72. The van der Waals surface area contributed by atoms with Gasteiger partial charge in [0, 0.05) is 26.1 Å². The topological polar surface area (TPSA) is 23.6 Å². The van der Waals surface area contributed by atoms with Gasteiger partial charge in [-0.3, -0.25) is 4.79 Å². The van der Waals surface area contributed by atoms with Crippen molar-refractivity contribution >= 4 is 17.5 Å². The molecule has 2 rings (SSSR count). The molecule has 1 saturated heterocycles. The van der Waals surface area contributed by atoms with Crippen LogP contribution in [0, 0.1) is 0 Å². The van der Waals surface area contributed by atoms with Crippen molar-refractivity contribution < 1.29 is 4.79 Å². The van der Waals surface area contributed by atoms with Crippen molar-refractivity contribution in [2.45, 2.75) is 24.9 Å². The number of carbonyl (C=O) groups is 1. The van der Waals surface area contributed by atoms with E-state index < -0.39 is 0 Å². The zero-order valence-electron chi connectivity index (χ0n) is 10.9. The van der Waals surface area contributed by atoms with E-state index in [1.54, 1.807) is 0 Å². The van der Waals surface area contributed by atoms with E-state index in [2.05, 4.69) is 37.2 Å². The maximum atomic E-state index is 11.7. The number of hydrogen-bond donors (Lipinski definition) is 0. The highest BCUT2D eigenvalue weighted by molar-refractivity contribution is 6.22. The first-order valence-corrected chi connectivity index (χ1v) is 6.62. The summed E-state index contributed by atoms with van der Waals surface area (Å²) < 4.78 is 0. The van der Waals surface area contributed by atoms with Crippen LogP contribution in [-0.2, 0) is 17.9 Å². The molecular formula is C14H19ClN2O. The van der Waals surface area contributed by atoms with E-state index in [9.17, 15) is 4.79 Å². The van der Waals surface area contributed by atoms with Crippen molar-refractivity contribution in [3.05, 3.63) is 35.4 Å². The first kappa shape index (κ1) is 13.4. The molecule has 98 valence electrons. The van der Waals surface area contributed by atoms with Crippen LogP contribution in [0.15, 0.2) is 24.3 Å². The average Bonchev–Trinajstić information content (AvgIpc) is 2.57. The molecule has 1 heterocycles. The van der Waals surface area contributed by atoms with Crippen LogP contribution in [0.25, 0.3) is 0 Å². The van der Waals surface area contributed by atoms with E-state index in [1.807, 2.05) is 11.0 Å². The molecule has 3 nitrogen and oxygen atoms in total. The lowest BCUT2D eigenvalue weighted by Crippen LogP contribution is -2.24. The van der Waals surface area contributed by atoms with Crippen molar-refractivity contribution in [2.24, 2.45) is 0 Å². The lowest BCUT2D eigenvalue weighted by molar-refractivity contribution is -0.128. The number of alkyl halides is 1. The molecule has 0 spiro atoms. The molecule has 0 aliphatic carbocycles. The summed E-state index contributed by atoms with van der Waals surface area (Å²) in [6.45, 7) is 2.25. The van der Waals surface area contributed by atoms with Gasteiger partial charge in [-0.05, 0) is 25.2 Å². The van der Waals surface area contributed by atoms with Crippen LogP contribution >= 0.6 is 11.6 Å². The van der Waals surface area contributed by atoms with Gasteiger partial charge in [-0.15, -0.1) is 11.6 Å². The number of halogens is 1. The quantitative estimate of drug-likeness (QED) is 0.779. The summed E-state index contributed by atoms with van der Waals surface area (Å²) in [5, 5.41) is -0.0255. The fourth-order valence-electron chi connectivity index (χ4n) is 2.29. The summed E-state index contributed by atoms with van der Waals surface area (Å²) in [5.74, 6) is 0.160. The van der Waals surface area contributed by atoms with Gasteiger partial charge in [-0.25, -0.2) is 0 Å². The average molecular weight is 267 g/mol. The Kier molecular flexibility index (Phi) is 4.25. The monoisotopic (exact) mass is 266 g/mol. The van der Waals surface area contributed by atoms with Crippen LogP contribution < -0.4 is 0 Å². The van der Waals surface area contributed by atoms with Crippen molar-refractivity contribution in [3.63, 3.8) is 0 Å². The molecule has 0 saturated carbocycles. The molecule has 0 N–H and O–H groups in total. The lowest BCUT2D eigenvalue weighted by atomic mass is 10.1. The summed E-state index contributed by atoms with van der Waals surface area (Å²) in [4.78, 5) is 15.7. The second-order valence-corrected chi connectivity index (χ2v) is 5.75. The Morgan fingerprint density at radius 1 is 1.39 bits per heavy atom. The minimum Gasteiger partial charge on any atom is -0.337 e. The molecule has 0 radical (unpaired) electrons. The van der Waals surface area contributed by atoms with Crippen molar-refractivity contribution in [1.29, 1.82) is 0 Å². The highest BCUT2D eigenvalue weighted by Gasteiger charge is 2.27. The number of nitrogens with zero attached hydrogens (tertiary/aromatic N) is 2. The SMILES string of the molecule is CN(C)Cc1cccc(CN2CC(Cl)CC2=O)c1. The van der Waals surface area contributed by atoms with Gasteiger partial charge in [0.15, 0.2) is 0 Å². The summed E-state index contributed by atoms with van der Waals surface area (Å²) in [7, 11) is 4.10. The minimum absolute atomic E-state index is 0.0255. The third-order valence-electron chi connectivity index (χ3n) is 3.03. The molecule has 1 aromatic rings. The van der Waals surface area contributed by atoms with E-state index >= 15 is 0 Å². The smallest absolute Gasteiger partial charge is 0.224 e. The molecule has 1 aliphatic heterocycles. The Balaban J connectivity index is 2.03. The zero-order chi connectivity index (χ0) is 13.1. The molecule has 0 aromatic heterocycles. The van der Waals surface area contributed by atoms with E-state index in [-0.39, 0.29) is 11.3 Å². The molecule has 0 bridgehead atoms. The van der Waals surface area contributed by atoms with Crippen LogP contribution in [0.1, 0.15) is 17.5 Å². The molecule has 1 unspecified atom stereocenters. The van der Waals surface area contributed by atoms with Gasteiger partial charge >= 0.3 is 0 Å². The van der Waals surface area contributed by atoms with Crippen LogP contribution in [0.3, 0.4) is 0 Å². The van der Waals surface area contributed by atoms with Gasteiger partial charge in [-0.1, -0.05) is 24.3 Å². The van der Waals surface area contributed by atoms with Gasteiger partial charge in [-0.2, -0.15) is 0 Å². The van der Waals surface area contributed by atoms with Gasteiger partial charge in [0.1, 0.15) is 0 Å². The Morgan fingerprint density at radius 3 is 2.72 bits per heavy atom. The fourth-order valence-corrected chi connectivity index (χ4v) is 2.59. The minimum atomic E-state index is -0.0255. The Hall–Kier alpha value is -1.06. The third-order valence-corrected chi connectivity index (χ3v) is 3.32. The molecule has 1 atom stereocenters. The van der Waals surface area contributed by atoms with Crippen LogP contribution in [-0.4, -0.2) is 41.7 Å². The van der Waals surface area contributed by atoms with E-state index in [0.717, 1.165) is 6.54 Å². The maximum Gasteiger partial charge on any atom is 0.224 e. The van der Waals surface area contributed by atoms with Crippen LogP contribution in [0.4, 0.5) is 0 Å². The van der Waals surface area contributed by atoms with Crippen molar-refractivity contribution in [3.8, 4) is 0 Å². The fraction of sp³-hybridized carbons (Fsp3) is 0.500. The number of benzene rings is 1. The summed E-state index contributed by atoms with van der Waals surface area (Å²) in [6.07, 6.45) is 0.471. The van der Waals surface area contributed by atoms with Gasteiger partial charge < -0.3 is 9.80 Å². The van der Waals surface area contributed by atoms with Gasteiger partial charge in [0.05, 0.1) is 5.38 Å². The number of carbonyl (C=O) groups excluding carboxylic acids is 1. The third kappa shape index (κ3) is 3.47. The number of amides is 1. The summed E-state index contributed by atoms with van der Waals surface area (Å²) in [6, 6.07) is 8.38. The van der Waals surface area contributed by atoms with E-state index in [4.69, 9.17) is 11.6 Å². The van der Waals surface area contributed by atoms with Crippen LogP contribution in [0.2, 0.25) is 0 Å². The molecule has 1 aliphatic rings. The first-order chi connectivity index (χ1) is 8.54. The Morgan fingerprint density at radius 2 is 2.11 bits per heavy atom. The predicted octanol–water partition coefficient (Wildman–Crippen LogP) is 2.09. The highest BCUT2D eigenvalue weighted by atomic mass is 35.5. The lowest BCUT2D eigenvalue weighted by Gasteiger charge is -2.17. The van der Waals surface area contributed by atoms with E-state index in [1.165, 1.54) is 11.1 Å². The van der Waals surface area contributed by atoms with Crippen LogP contribution in [0.5, 0.6) is 0 Å². The summed E-state index contributed by atoms with van der Waals surface area (Å²) >= 11 is 6.00. The summed E-state index contributed by atoms with van der Waals surface area (Å²) in [5.41, 5.74) is 2.44. The molecule has 4 heteroatoms. The number of rotatable bonds is 4. The molecule has 1 aromatic carbocycles. The standard InChI is InChI=1S/C14H19ClN2O/c1-16(2)8-11-4-3-5-12(6-11)9-17-10-13(15)7-14(17)18/h3-6,13H,7-10H2,1-2H3. The Bertz CT molecular complexity index is 434. The largest absolute Gasteiger partial charge is 0.337 e. The van der Waals surface area contributed by atoms with E-state index in [0.29, 0.717) is 19.5 Å². The maximum absolute atomic E-state index is 11.7. The normalized spacial score (nSPS) is 19.9. The predicted molar refractivity (Wildman–Crippen MR) is 73.5 cm³/mol. The van der Waals surface area contributed by atoms with Crippen molar-refractivity contribution in [2.75, 3.05) is 20.6 Å². The van der Waals surface area contributed by atoms with Gasteiger partial charge in [0.2, 0.25) is 5.91 Å². The molecular weight excluding hydrogens is 248 g/mol. The Labute approximate surface area is 113 Å².